The lowest BCUT2D eigenvalue weighted by Crippen LogP contribution is -2.37. The van der Waals surface area contributed by atoms with E-state index < -0.39 is 0 Å². The summed E-state index contributed by atoms with van der Waals surface area (Å²) in [5.41, 5.74) is 1.79. The van der Waals surface area contributed by atoms with E-state index in [2.05, 4.69) is 10.4 Å². The molecule has 0 bridgehead atoms. The van der Waals surface area contributed by atoms with Crippen molar-refractivity contribution < 1.29 is 13.9 Å². The van der Waals surface area contributed by atoms with E-state index >= 15 is 0 Å². The van der Waals surface area contributed by atoms with Crippen molar-refractivity contribution in [3.63, 3.8) is 0 Å². The third-order valence-corrected chi connectivity index (χ3v) is 5.74. The quantitative estimate of drug-likeness (QED) is 0.674. The molecule has 0 saturated carbocycles. The molecule has 1 aliphatic heterocycles. The average molecular weight is 412 g/mol. The Balaban J connectivity index is 1.59. The molecule has 1 N–H and O–H groups in total. The van der Waals surface area contributed by atoms with Crippen molar-refractivity contribution in [2.24, 2.45) is 0 Å². The van der Waals surface area contributed by atoms with Gasteiger partial charge in [0.1, 0.15) is 12.4 Å². The van der Waals surface area contributed by atoms with E-state index in [1.807, 2.05) is 18.4 Å². The number of ether oxygens (including phenoxy) is 1. The van der Waals surface area contributed by atoms with Crippen LogP contribution in [0.25, 0.3) is 10.8 Å². The molecule has 3 aromatic rings. The van der Waals surface area contributed by atoms with Gasteiger partial charge in [-0.05, 0) is 32.8 Å². The molecule has 0 spiro atoms. The Morgan fingerprint density at radius 1 is 1.30 bits per heavy atom. The van der Waals surface area contributed by atoms with Crippen molar-refractivity contribution in [2.45, 2.75) is 45.9 Å². The maximum atomic E-state index is 14.1. The maximum absolute atomic E-state index is 14.1. The molecule has 3 heterocycles. The van der Waals surface area contributed by atoms with Gasteiger partial charge in [-0.15, -0.1) is 0 Å². The van der Waals surface area contributed by atoms with Crippen molar-refractivity contribution in [3.8, 4) is 0 Å². The number of rotatable bonds is 6. The van der Waals surface area contributed by atoms with Crippen molar-refractivity contribution in [3.05, 3.63) is 63.6 Å². The Labute approximate surface area is 173 Å². The first-order valence-electron chi connectivity index (χ1n) is 10.1. The molecule has 1 atom stereocenters. The normalized spacial score (nSPS) is 16.3. The molecule has 1 saturated heterocycles. The summed E-state index contributed by atoms with van der Waals surface area (Å²) in [5, 5.41) is 8.22. The molecule has 0 aliphatic carbocycles. The first-order valence-corrected chi connectivity index (χ1v) is 10.1. The van der Waals surface area contributed by atoms with Crippen LogP contribution in [0.4, 0.5) is 4.39 Å². The summed E-state index contributed by atoms with van der Waals surface area (Å²) in [6, 6.07) is 6.59. The zero-order valence-electron chi connectivity index (χ0n) is 17.2. The number of nitrogens with one attached hydrogen (secondary N) is 1. The molecule has 30 heavy (non-hydrogen) atoms. The molecule has 8 heteroatoms. The fourth-order valence-electron chi connectivity index (χ4n) is 4.02. The SMILES string of the molecule is Cc1c2cnn(CC(=O)NC[C@H]3CCCO3)c(=O)c2c(C)n1Cc1ccccc1F. The number of carbonyl (C=O) groups is 1. The molecule has 0 unspecified atom stereocenters. The number of benzene rings is 1. The summed E-state index contributed by atoms with van der Waals surface area (Å²) in [6.45, 7) is 5.04. The zero-order valence-corrected chi connectivity index (χ0v) is 17.2. The van der Waals surface area contributed by atoms with Gasteiger partial charge in [-0.25, -0.2) is 9.07 Å². The van der Waals surface area contributed by atoms with Gasteiger partial charge in [0.2, 0.25) is 5.91 Å². The number of fused-ring (bicyclic) bond motifs is 1. The molecule has 1 aromatic carbocycles. The van der Waals surface area contributed by atoms with E-state index in [1.165, 1.54) is 10.7 Å². The smallest absolute Gasteiger partial charge is 0.276 e. The summed E-state index contributed by atoms with van der Waals surface area (Å²) in [6.07, 6.45) is 3.57. The van der Waals surface area contributed by atoms with Crippen LogP contribution >= 0.6 is 0 Å². The number of aromatic nitrogens is 3. The van der Waals surface area contributed by atoms with Crippen LogP contribution in [0, 0.1) is 19.7 Å². The molecule has 1 amide bonds. The molecule has 7 nitrogen and oxygen atoms in total. The van der Waals surface area contributed by atoms with Gasteiger partial charge in [-0.2, -0.15) is 5.10 Å². The molecule has 1 fully saturated rings. The Hall–Kier alpha value is -3.00. The fraction of sp³-hybridized carbons (Fsp3) is 0.409. The Morgan fingerprint density at radius 3 is 2.83 bits per heavy atom. The Kier molecular flexibility index (Phi) is 5.67. The van der Waals surface area contributed by atoms with Crippen LogP contribution in [0.5, 0.6) is 0 Å². The highest BCUT2D eigenvalue weighted by Crippen LogP contribution is 2.23. The lowest BCUT2D eigenvalue weighted by atomic mass is 10.2. The summed E-state index contributed by atoms with van der Waals surface area (Å²) in [4.78, 5) is 25.3. The Morgan fingerprint density at radius 2 is 2.10 bits per heavy atom. The number of hydrogen-bond acceptors (Lipinski definition) is 4. The molecular weight excluding hydrogens is 387 g/mol. The topological polar surface area (TPSA) is 78.2 Å². The monoisotopic (exact) mass is 412 g/mol. The number of hydrogen-bond donors (Lipinski definition) is 1. The van der Waals surface area contributed by atoms with Crippen LogP contribution in [0.1, 0.15) is 29.8 Å². The van der Waals surface area contributed by atoms with Crippen LogP contribution in [0.2, 0.25) is 0 Å². The van der Waals surface area contributed by atoms with Gasteiger partial charge >= 0.3 is 0 Å². The maximum Gasteiger partial charge on any atom is 0.276 e. The van der Waals surface area contributed by atoms with Crippen molar-refractivity contribution in [1.29, 1.82) is 0 Å². The lowest BCUT2D eigenvalue weighted by Gasteiger charge is -2.11. The highest BCUT2D eigenvalue weighted by molar-refractivity contribution is 5.87. The van der Waals surface area contributed by atoms with Crippen LogP contribution in [0.3, 0.4) is 0 Å². The minimum atomic E-state index is -0.326. The van der Waals surface area contributed by atoms with Gasteiger partial charge in [-0.1, -0.05) is 18.2 Å². The van der Waals surface area contributed by atoms with Gasteiger partial charge in [0.15, 0.2) is 0 Å². The van der Waals surface area contributed by atoms with E-state index in [4.69, 9.17) is 4.74 Å². The minimum absolute atomic E-state index is 0.0402. The first kappa shape index (κ1) is 20.3. The average Bonchev–Trinajstić information content (AvgIpc) is 3.33. The van der Waals surface area contributed by atoms with Crippen molar-refractivity contribution >= 4 is 16.7 Å². The fourth-order valence-corrected chi connectivity index (χ4v) is 4.02. The second-order valence-corrected chi connectivity index (χ2v) is 7.68. The number of nitrogens with zero attached hydrogens (tertiary/aromatic N) is 3. The molecule has 0 radical (unpaired) electrons. The van der Waals surface area contributed by atoms with Gasteiger partial charge < -0.3 is 14.6 Å². The molecule has 158 valence electrons. The first-order chi connectivity index (χ1) is 14.5. The van der Waals surface area contributed by atoms with Gasteiger partial charge in [0.25, 0.3) is 5.56 Å². The number of aryl methyl sites for hydroxylation is 2. The summed E-state index contributed by atoms with van der Waals surface area (Å²) >= 11 is 0. The highest BCUT2D eigenvalue weighted by Gasteiger charge is 2.19. The number of carbonyl (C=O) groups excluding carboxylic acids is 1. The van der Waals surface area contributed by atoms with E-state index in [9.17, 15) is 14.0 Å². The standard InChI is InChI=1S/C22H25FN4O3/c1-14-18-11-25-27(13-20(28)24-10-17-7-5-9-30-17)22(29)21(18)15(2)26(14)12-16-6-3-4-8-19(16)23/h3-4,6,8,11,17H,5,7,9-10,12-13H2,1-2H3,(H,24,28)/t17-/m1/s1. The molecule has 1 aliphatic rings. The number of amides is 1. The van der Waals surface area contributed by atoms with Crippen LogP contribution < -0.4 is 10.9 Å². The van der Waals surface area contributed by atoms with Crippen LogP contribution in [-0.2, 0) is 22.6 Å². The lowest BCUT2D eigenvalue weighted by molar-refractivity contribution is -0.122. The van der Waals surface area contributed by atoms with Crippen LogP contribution in [0.15, 0.2) is 35.3 Å². The van der Waals surface area contributed by atoms with Gasteiger partial charge in [-0.3, -0.25) is 9.59 Å². The Bertz CT molecular complexity index is 1150. The predicted octanol–water partition coefficient (Wildman–Crippen LogP) is 2.30. The summed E-state index contributed by atoms with van der Waals surface area (Å²) in [5.74, 6) is -0.563. The van der Waals surface area contributed by atoms with E-state index in [0.717, 1.165) is 30.8 Å². The van der Waals surface area contributed by atoms with E-state index in [-0.39, 0.29) is 29.9 Å². The molecular formula is C22H25FN4O3. The van der Waals surface area contributed by atoms with Crippen molar-refractivity contribution in [1.82, 2.24) is 19.7 Å². The highest BCUT2D eigenvalue weighted by atomic mass is 19.1. The minimum Gasteiger partial charge on any atom is -0.376 e. The third-order valence-electron chi connectivity index (χ3n) is 5.74. The summed E-state index contributed by atoms with van der Waals surface area (Å²) < 4.78 is 22.7. The predicted molar refractivity (Wildman–Crippen MR) is 111 cm³/mol. The molecule has 4 rings (SSSR count). The van der Waals surface area contributed by atoms with Crippen molar-refractivity contribution in [2.75, 3.05) is 13.2 Å². The second-order valence-electron chi connectivity index (χ2n) is 7.68. The van der Waals surface area contributed by atoms with E-state index in [1.54, 1.807) is 24.4 Å². The second kappa shape index (κ2) is 8.39. The van der Waals surface area contributed by atoms with E-state index in [0.29, 0.717) is 29.4 Å². The molecule has 2 aromatic heterocycles. The summed E-state index contributed by atoms with van der Waals surface area (Å²) in [7, 11) is 0. The number of halogens is 1. The van der Waals surface area contributed by atoms with Crippen LogP contribution in [-0.4, -0.2) is 39.5 Å². The largest absolute Gasteiger partial charge is 0.376 e. The third kappa shape index (κ3) is 3.87. The van der Waals surface area contributed by atoms with Gasteiger partial charge in [0, 0.05) is 35.5 Å². The zero-order chi connectivity index (χ0) is 21.3. The van der Waals surface area contributed by atoms with Gasteiger partial charge in [0.05, 0.1) is 24.2 Å².